The van der Waals surface area contributed by atoms with Gasteiger partial charge in [-0.05, 0) is 18.6 Å². The molecule has 2 rings (SSSR count). The van der Waals surface area contributed by atoms with Crippen LogP contribution in [0.2, 0.25) is 0 Å². The molecule has 1 fully saturated rings. The van der Waals surface area contributed by atoms with Crippen molar-refractivity contribution in [2.75, 3.05) is 38.7 Å². The Morgan fingerprint density at radius 2 is 2.22 bits per heavy atom. The smallest absolute Gasteiger partial charge is 0.262 e. The number of rotatable bonds is 3. The highest BCUT2D eigenvalue weighted by molar-refractivity contribution is 7.89. The molecule has 1 N–H and O–H groups in total. The number of anilines is 1. The molecule has 1 aliphatic heterocycles. The van der Waals surface area contributed by atoms with E-state index in [0.29, 0.717) is 38.4 Å². The van der Waals surface area contributed by atoms with Crippen molar-refractivity contribution in [2.45, 2.75) is 11.4 Å². The Bertz CT molecular complexity index is 496. The summed E-state index contributed by atoms with van der Waals surface area (Å²) in [7, 11) is -1.87. The molecule has 0 unspecified atom stereocenters. The van der Waals surface area contributed by atoms with Crippen molar-refractivity contribution >= 4 is 15.7 Å². The Morgan fingerprint density at radius 1 is 1.39 bits per heavy atom. The van der Waals surface area contributed by atoms with Gasteiger partial charge in [-0.1, -0.05) is 0 Å². The van der Waals surface area contributed by atoms with E-state index in [0.717, 1.165) is 0 Å². The van der Waals surface area contributed by atoms with E-state index < -0.39 is 10.0 Å². The molecule has 0 aliphatic carbocycles. The summed E-state index contributed by atoms with van der Waals surface area (Å²) in [5, 5.41) is 2.93. The lowest BCUT2D eigenvalue weighted by atomic mass is 10.4. The third-order valence-corrected chi connectivity index (χ3v) is 4.66. The van der Waals surface area contributed by atoms with Crippen molar-refractivity contribution < 1.29 is 13.2 Å². The second-order valence-corrected chi connectivity index (χ2v) is 5.83. The number of ether oxygens (including phenoxy) is 1. The fourth-order valence-corrected chi connectivity index (χ4v) is 3.44. The van der Waals surface area contributed by atoms with Crippen LogP contribution in [0.1, 0.15) is 6.42 Å². The summed E-state index contributed by atoms with van der Waals surface area (Å²) in [5.41, 5.74) is 0.516. The van der Waals surface area contributed by atoms with E-state index >= 15 is 0 Å². The molecule has 1 aromatic heterocycles. The molecule has 1 saturated heterocycles. The monoisotopic (exact) mass is 271 g/mol. The Labute approximate surface area is 107 Å². The summed E-state index contributed by atoms with van der Waals surface area (Å²) in [5.74, 6) is 0. The average molecular weight is 271 g/mol. The SMILES string of the molecule is CNc1cccnc1S(=O)(=O)N1CCCOCC1. The van der Waals surface area contributed by atoms with Crippen LogP contribution in [0, 0.1) is 0 Å². The summed E-state index contributed by atoms with van der Waals surface area (Å²) in [4.78, 5) is 3.99. The van der Waals surface area contributed by atoms with Crippen LogP contribution in [0.15, 0.2) is 23.4 Å². The second-order valence-electron chi connectivity index (χ2n) is 3.98. The zero-order valence-electron chi connectivity index (χ0n) is 10.3. The van der Waals surface area contributed by atoms with E-state index in [2.05, 4.69) is 10.3 Å². The van der Waals surface area contributed by atoms with Gasteiger partial charge in [0.05, 0.1) is 12.3 Å². The first kappa shape index (κ1) is 13.3. The molecule has 6 nitrogen and oxygen atoms in total. The molecule has 0 amide bonds. The number of sulfonamides is 1. The van der Waals surface area contributed by atoms with Gasteiger partial charge in [0, 0.05) is 32.9 Å². The third-order valence-electron chi connectivity index (χ3n) is 2.81. The molecule has 7 heteroatoms. The van der Waals surface area contributed by atoms with Gasteiger partial charge in [0.1, 0.15) is 0 Å². The lowest BCUT2D eigenvalue weighted by molar-refractivity contribution is 0.148. The minimum Gasteiger partial charge on any atom is -0.386 e. The maximum atomic E-state index is 12.5. The van der Waals surface area contributed by atoms with E-state index in [-0.39, 0.29) is 5.03 Å². The van der Waals surface area contributed by atoms with Gasteiger partial charge in [0.15, 0.2) is 5.03 Å². The minimum absolute atomic E-state index is 0.0781. The topological polar surface area (TPSA) is 71.5 Å². The number of hydrogen-bond donors (Lipinski definition) is 1. The summed E-state index contributed by atoms with van der Waals surface area (Å²) in [6.45, 7) is 1.89. The number of nitrogens with one attached hydrogen (secondary N) is 1. The van der Waals surface area contributed by atoms with Crippen LogP contribution in [0.3, 0.4) is 0 Å². The molecule has 0 bridgehead atoms. The first-order valence-electron chi connectivity index (χ1n) is 5.87. The molecule has 0 atom stereocenters. The van der Waals surface area contributed by atoms with Crippen molar-refractivity contribution in [3.63, 3.8) is 0 Å². The zero-order chi connectivity index (χ0) is 13.0. The van der Waals surface area contributed by atoms with Crippen LogP contribution in [-0.4, -0.2) is 51.1 Å². The van der Waals surface area contributed by atoms with E-state index in [1.54, 1.807) is 19.2 Å². The van der Waals surface area contributed by atoms with Crippen molar-refractivity contribution in [1.29, 1.82) is 0 Å². The molecule has 1 aliphatic rings. The summed E-state index contributed by atoms with van der Waals surface area (Å²) >= 11 is 0. The molecule has 2 heterocycles. The largest absolute Gasteiger partial charge is 0.386 e. The highest BCUT2D eigenvalue weighted by Crippen LogP contribution is 2.22. The van der Waals surface area contributed by atoms with Gasteiger partial charge in [-0.15, -0.1) is 0 Å². The Hall–Kier alpha value is -1.18. The van der Waals surface area contributed by atoms with Crippen molar-refractivity contribution in [3.05, 3.63) is 18.3 Å². The number of pyridine rings is 1. The number of aromatic nitrogens is 1. The van der Waals surface area contributed by atoms with Crippen LogP contribution in [-0.2, 0) is 14.8 Å². The molecule has 0 saturated carbocycles. The first-order chi connectivity index (χ1) is 8.66. The van der Waals surface area contributed by atoms with Crippen LogP contribution in [0.4, 0.5) is 5.69 Å². The predicted molar refractivity (Wildman–Crippen MR) is 68.0 cm³/mol. The Kier molecular flexibility index (Phi) is 4.15. The highest BCUT2D eigenvalue weighted by Gasteiger charge is 2.28. The average Bonchev–Trinajstić information content (AvgIpc) is 2.68. The standard InChI is InChI=1S/C11H17N3O3S/c1-12-10-4-2-5-13-11(10)18(15,16)14-6-3-8-17-9-7-14/h2,4-5,12H,3,6-9H2,1H3. The predicted octanol–water partition coefficient (Wildman–Crippen LogP) is 0.534. The van der Waals surface area contributed by atoms with Crippen LogP contribution < -0.4 is 5.32 Å². The lowest BCUT2D eigenvalue weighted by Gasteiger charge is -2.20. The van der Waals surface area contributed by atoms with Gasteiger partial charge in [-0.2, -0.15) is 4.31 Å². The normalized spacial score (nSPS) is 18.3. The minimum atomic E-state index is -3.55. The molecule has 0 aromatic carbocycles. The van der Waals surface area contributed by atoms with Gasteiger partial charge in [0.25, 0.3) is 10.0 Å². The van der Waals surface area contributed by atoms with Gasteiger partial charge in [-0.25, -0.2) is 13.4 Å². The Balaban J connectivity index is 2.34. The zero-order valence-corrected chi connectivity index (χ0v) is 11.1. The van der Waals surface area contributed by atoms with Crippen molar-refractivity contribution in [3.8, 4) is 0 Å². The molecule has 100 valence electrons. The molecule has 0 spiro atoms. The molecular weight excluding hydrogens is 254 g/mol. The maximum Gasteiger partial charge on any atom is 0.262 e. The second kappa shape index (κ2) is 5.64. The van der Waals surface area contributed by atoms with Gasteiger partial charge in [0.2, 0.25) is 0 Å². The van der Waals surface area contributed by atoms with Crippen LogP contribution in [0.25, 0.3) is 0 Å². The summed E-state index contributed by atoms with van der Waals surface area (Å²) in [6, 6.07) is 3.41. The number of hydrogen-bond acceptors (Lipinski definition) is 5. The summed E-state index contributed by atoms with van der Waals surface area (Å²) < 4.78 is 31.7. The lowest BCUT2D eigenvalue weighted by Crippen LogP contribution is -2.34. The fraction of sp³-hybridized carbons (Fsp3) is 0.545. The van der Waals surface area contributed by atoms with E-state index in [1.165, 1.54) is 10.5 Å². The third kappa shape index (κ3) is 2.63. The van der Waals surface area contributed by atoms with Gasteiger partial charge in [-0.3, -0.25) is 0 Å². The molecular formula is C11H17N3O3S. The van der Waals surface area contributed by atoms with Crippen molar-refractivity contribution in [1.82, 2.24) is 9.29 Å². The fourth-order valence-electron chi connectivity index (χ4n) is 1.87. The van der Waals surface area contributed by atoms with E-state index in [4.69, 9.17) is 4.74 Å². The van der Waals surface area contributed by atoms with Crippen LogP contribution in [0.5, 0.6) is 0 Å². The van der Waals surface area contributed by atoms with Gasteiger partial charge >= 0.3 is 0 Å². The summed E-state index contributed by atoms with van der Waals surface area (Å²) in [6.07, 6.45) is 2.20. The van der Waals surface area contributed by atoms with E-state index in [9.17, 15) is 8.42 Å². The molecule has 1 aromatic rings. The van der Waals surface area contributed by atoms with Crippen molar-refractivity contribution in [2.24, 2.45) is 0 Å². The van der Waals surface area contributed by atoms with Gasteiger partial charge < -0.3 is 10.1 Å². The first-order valence-corrected chi connectivity index (χ1v) is 7.31. The van der Waals surface area contributed by atoms with E-state index in [1.807, 2.05) is 0 Å². The number of nitrogens with zero attached hydrogens (tertiary/aromatic N) is 2. The Morgan fingerprint density at radius 3 is 3.00 bits per heavy atom. The molecule has 0 radical (unpaired) electrons. The van der Waals surface area contributed by atoms with Crippen LogP contribution >= 0.6 is 0 Å². The maximum absolute atomic E-state index is 12.5. The quantitative estimate of drug-likeness (QED) is 0.868. The highest BCUT2D eigenvalue weighted by atomic mass is 32.2. The molecule has 18 heavy (non-hydrogen) atoms.